The molecule has 0 aliphatic rings. The number of carbonyl (C=O) groups excluding carboxylic acids is 2. The van der Waals surface area contributed by atoms with E-state index in [2.05, 4.69) is 0 Å². The number of nitrogen functional groups attached to an aromatic ring is 1. The zero-order valence-corrected chi connectivity index (χ0v) is 11.0. The highest BCUT2D eigenvalue weighted by Gasteiger charge is 2.15. The van der Waals surface area contributed by atoms with Crippen molar-refractivity contribution in [3.63, 3.8) is 0 Å². The number of nitrogens with zero attached hydrogens (tertiary/aromatic N) is 2. The van der Waals surface area contributed by atoms with E-state index in [0.29, 0.717) is 5.69 Å². The van der Waals surface area contributed by atoms with E-state index in [9.17, 15) is 9.59 Å². The average molecular weight is 249 g/mol. The molecule has 0 saturated heterocycles. The molecule has 98 valence electrons. The van der Waals surface area contributed by atoms with Gasteiger partial charge < -0.3 is 15.5 Å². The van der Waals surface area contributed by atoms with Crippen LogP contribution in [0.3, 0.4) is 0 Å². The van der Waals surface area contributed by atoms with Crippen LogP contribution < -0.4 is 5.73 Å². The summed E-state index contributed by atoms with van der Waals surface area (Å²) in [7, 11) is 4.94. The summed E-state index contributed by atoms with van der Waals surface area (Å²) in [5.74, 6) is -0.227. The molecule has 2 N–H and O–H groups in total. The summed E-state index contributed by atoms with van der Waals surface area (Å²) >= 11 is 0. The Bertz CT molecular complexity index is 444. The first-order valence-electron chi connectivity index (χ1n) is 5.69. The molecule has 1 aromatic carbocycles. The maximum absolute atomic E-state index is 11.9. The van der Waals surface area contributed by atoms with E-state index in [1.54, 1.807) is 27.2 Å². The number of carbonyl (C=O) groups is 2. The maximum Gasteiger partial charge on any atom is 0.241 e. The lowest BCUT2D eigenvalue weighted by molar-refractivity contribution is -0.137. The second kappa shape index (κ2) is 6.05. The molecule has 0 fully saturated rings. The van der Waals surface area contributed by atoms with Gasteiger partial charge in [-0.1, -0.05) is 18.2 Å². The third-order valence-electron chi connectivity index (χ3n) is 2.69. The van der Waals surface area contributed by atoms with Crippen LogP contribution in [0.15, 0.2) is 24.3 Å². The van der Waals surface area contributed by atoms with Crippen LogP contribution in [-0.2, 0) is 16.0 Å². The highest BCUT2D eigenvalue weighted by molar-refractivity contribution is 5.86. The third kappa shape index (κ3) is 3.76. The van der Waals surface area contributed by atoms with Gasteiger partial charge in [0.2, 0.25) is 11.8 Å². The molecular formula is C13H19N3O2. The van der Waals surface area contributed by atoms with Crippen molar-refractivity contribution in [3.8, 4) is 0 Å². The van der Waals surface area contributed by atoms with Crippen LogP contribution in [0.1, 0.15) is 5.56 Å². The van der Waals surface area contributed by atoms with E-state index in [1.165, 1.54) is 9.80 Å². The highest BCUT2D eigenvalue weighted by atomic mass is 16.2. The largest absolute Gasteiger partial charge is 0.398 e. The Kier molecular flexibility index (Phi) is 4.71. The number of amides is 2. The lowest BCUT2D eigenvalue weighted by Crippen LogP contribution is -2.38. The van der Waals surface area contributed by atoms with Crippen molar-refractivity contribution in [3.05, 3.63) is 29.8 Å². The molecule has 5 nitrogen and oxygen atoms in total. The second-order valence-corrected chi connectivity index (χ2v) is 4.41. The summed E-state index contributed by atoms with van der Waals surface area (Å²) < 4.78 is 0. The van der Waals surface area contributed by atoms with Gasteiger partial charge >= 0.3 is 0 Å². The summed E-state index contributed by atoms with van der Waals surface area (Å²) in [5.41, 5.74) is 7.15. The molecule has 0 aliphatic heterocycles. The van der Waals surface area contributed by atoms with Gasteiger partial charge in [0.15, 0.2) is 0 Å². The van der Waals surface area contributed by atoms with Crippen LogP contribution >= 0.6 is 0 Å². The van der Waals surface area contributed by atoms with Gasteiger partial charge in [0.25, 0.3) is 0 Å². The van der Waals surface area contributed by atoms with Gasteiger partial charge in [0.05, 0.1) is 13.0 Å². The number of hydrogen-bond donors (Lipinski definition) is 1. The Hall–Kier alpha value is -2.04. The van der Waals surface area contributed by atoms with Crippen LogP contribution in [-0.4, -0.2) is 49.3 Å². The fraction of sp³-hybridized carbons (Fsp3) is 0.385. The molecule has 0 saturated carbocycles. The van der Waals surface area contributed by atoms with Crippen molar-refractivity contribution < 1.29 is 9.59 Å². The Labute approximate surface area is 107 Å². The summed E-state index contributed by atoms with van der Waals surface area (Å²) in [6, 6.07) is 7.23. The quantitative estimate of drug-likeness (QED) is 0.783. The fourth-order valence-corrected chi connectivity index (χ4v) is 1.43. The van der Waals surface area contributed by atoms with Crippen molar-refractivity contribution in [2.75, 3.05) is 33.4 Å². The topological polar surface area (TPSA) is 66.6 Å². The summed E-state index contributed by atoms with van der Waals surface area (Å²) in [5, 5.41) is 0. The summed E-state index contributed by atoms with van der Waals surface area (Å²) in [6.45, 7) is 0.0819. The van der Waals surface area contributed by atoms with E-state index in [1.807, 2.05) is 18.2 Å². The van der Waals surface area contributed by atoms with Crippen molar-refractivity contribution in [2.24, 2.45) is 0 Å². The number of rotatable bonds is 4. The highest BCUT2D eigenvalue weighted by Crippen LogP contribution is 2.11. The van der Waals surface area contributed by atoms with Gasteiger partial charge in [0, 0.05) is 26.8 Å². The minimum absolute atomic E-state index is 0.0819. The first-order chi connectivity index (χ1) is 8.41. The number of likely N-dealkylation sites (N-methyl/N-ethyl adjacent to an activating group) is 2. The Balaban J connectivity index is 2.61. The molecule has 0 radical (unpaired) electrons. The molecule has 0 bridgehead atoms. The predicted molar refractivity (Wildman–Crippen MR) is 70.9 cm³/mol. The number of para-hydroxylation sites is 1. The van der Waals surface area contributed by atoms with Crippen molar-refractivity contribution in [2.45, 2.75) is 6.42 Å². The smallest absolute Gasteiger partial charge is 0.241 e. The van der Waals surface area contributed by atoms with E-state index in [0.717, 1.165) is 5.56 Å². The zero-order chi connectivity index (χ0) is 13.7. The Morgan fingerprint density at radius 1 is 1.11 bits per heavy atom. The van der Waals surface area contributed by atoms with E-state index < -0.39 is 0 Å². The van der Waals surface area contributed by atoms with Crippen LogP contribution in [0.25, 0.3) is 0 Å². The van der Waals surface area contributed by atoms with E-state index >= 15 is 0 Å². The number of hydrogen-bond acceptors (Lipinski definition) is 3. The fourth-order valence-electron chi connectivity index (χ4n) is 1.43. The van der Waals surface area contributed by atoms with Crippen molar-refractivity contribution in [1.82, 2.24) is 9.80 Å². The number of nitrogens with two attached hydrogens (primary N) is 1. The SMILES string of the molecule is CN(C)C(=O)CN(C)C(=O)Cc1ccccc1N. The molecule has 0 aromatic heterocycles. The molecule has 2 amide bonds. The van der Waals surface area contributed by atoms with Crippen LogP contribution in [0.5, 0.6) is 0 Å². The zero-order valence-electron chi connectivity index (χ0n) is 11.0. The molecular weight excluding hydrogens is 230 g/mol. The second-order valence-electron chi connectivity index (χ2n) is 4.41. The molecule has 0 atom stereocenters. The molecule has 0 spiro atoms. The lowest BCUT2D eigenvalue weighted by Gasteiger charge is -2.19. The lowest BCUT2D eigenvalue weighted by atomic mass is 10.1. The molecule has 0 aliphatic carbocycles. The summed E-state index contributed by atoms with van der Waals surface area (Å²) in [6.07, 6.45) is 0.212. The molecule has 0 unspecified atom stereocenters. The summed E-state index contributed by atoms with van der Waals surface area (Å²) in [4.78, 5) is 26.3. The average Bonchev–Trinajstić information content (AvgIpc) is 2.31. The first kappa shape index (κ1) is 14.0. The molecule has 1 rings (SSSR count). The van der Waals surface area contributed by atoms with Gasteiger partial charge in [-0.3, -0.25) is 9.59 Å². The van der Waals surface area contributed by atoms with Crippen LogP contribution in [0.2, 0.25) is 0 Å². The van der Waals surface area contributed by atoms with Gasteiger partial charge in [-0.05, 0) is 11.6 Å². The minimum Gasteiger partial charge on any atom is -0.398 e. The third-order valence-corrected chi connectivity index (χ3v) is 2.69. The van der Waals surface area contributed by atoms with E-state index in [-0.39, 0.29) is 24.8 Å². The standard InChI is InChI=1S/C13H19N3O2/c1-15(2)13(18)9-16(3)12(17)8-10-6-4-5-7-11(10)14/h4-7H,8-9,14H2,1-3H3. The first-order valence-corrected chi connectivity index (χ1v) is 5.69. The Morgan fingerprint density at radius 3 is 2.28 bits per heavy atom. The molecule has 18 heavy (non-hydrogen) atoms. The van der Waals surface area contributed by atoms with Gasteiger partial charge in [-0.15, -0.1) is 0 Å². The molecule has 5 heteroatoms. The minimum atomic E-state index is -0.122. The van der Waals surface area contributed by atoms with Crippen LogP contribution in [0.4, 0.5) is 5.69 Å². The van der Waals surface area contributed by atoms with Gasteiger partial charge in [-0.2, -0.15) is 0 Å². The van der Waals surface area contributed by atoms with Crippen molar-refractivity contribution >= 4 is 17.5 Å². The normalized spacial score (nSPS) is 9.94. The number of anilines is 1. The van der Waals surface area contributed by atoms with Gasteiger partial charge in [0.1, 0.15) is 0 Å². The number of benzene rings is 1. The van der Waals surface area contributed by atoms with Crippen molar-refractivity contribution in [1.29, 1.82) is 0 Å². The van der Waals surface area contributed by atoms with Crippen LogP contribution in [0, 0.1) is 0 Å². The molecule has 0 heterocycles. The molecule has 1 aromatic rings. The predicted octanol–water partition coefficient (Wildman–Crippen LogP) is 0.358. The monoisotopic (exact) mass is 249 g/mol. The van der Waals surface area contributed by atoms with E-state index in [4.69, 9.17) is 5.73 Å². The maximum atomic E-state index is 11.9. The van der Waals surface area contributed by atoms with Gasteiger partial charge in [-0.25, -0.2) is 0 Å². The Morgan fingerprint density at radius 2 is 1.72 bits per heavy atom.